The number of terminal acetylenes is 1. The first-order chi connectivity index (χ1) is 9.28. The van der Waals surface area contributed by atoms with Crippen molar-refractivity contribution in [3.63, 3.8) is 0 Å². The molecule has 0 aliphatic carbocycles. The number of rotatable bonds is 6. The number of methoxy groups -OCH3 is 1. The molecule has 0 fully saturated rings. The first-order valence-electron chi connectivity index (χ1n) is 6.41. The Balaban J connectivity index is 2.07. The van der Waals surface area contributed by atoms with Gasteiger partial charge in [0.1, 0.15) is 0 Å². The molecule has 1 N–H and O–H groups in total. The minimum Gasteiger partial charge on any atom is -0.493 e. The summed E-state index contributed by atoms with van der Waals surface area (Å²) in [5.74, 6) is 4.81. The van der Waals surface area contributed by atoms with E-state index in [0.29, 0.717) is 17.5 Å². The van der Waals surface area contributed by atoms with Crippen LogP contribution in [0.4, 0.5) is 0 Å². The highest BCUT2D eigenvalue weighted by Crippen LogP contribution is 2.41. The van der Waals surface area contributed by atoms with Gasteiger partial charge in [-0.05, 0) is 24.1 Å². The monoisotopic (exact) mass is 261 g/mol. The molecule has 0 saturated carbocycles. The maximum atomic E-state index is 5.40. The van der Waals surface area contributed by atoms with Crippen molar-refractivity contribution in [2.24, 2.45) is 0 Å². The molecule has 0 amide bonds. The zero-order valence-corrected chi connectivity index (χ0v) is 11.4. The van der Waals surface area contributed by atoms with E-state index < -0.39 is 0 Å². The third-order valence-corrected chi connectivity index (χ3v) is 3.17. The summed E-state index contributed by atoms with van der Waals surface area (Å²) < 4.78 is 16.1. The van der Waals surface area contributed by atoms with Gasteiger partial charge >= 0.3 is 0 Å². The topological polar surface area (TPSA) is 39.7 Å². The highest BCUT2D eigenvalue weighted by atomic mass is 16.7. The van der Waals surface area contributed by atoms with E-state index in [0.717, 1.165) is 30.7 Å². The van der Waals surface area contributed by atoms with Gasteiger partial charge < -0.3 is 19.5 Å². The van der Waals surface area contributed by atoms with Crippen LogP contribution in [0.1, 0.15) is 25.3 Å². The van der Waals surface area contributed by atoms with Crippen LogP contribution in [-0.2, 0) is 6.54 Å². The average Bonchev–Trinajstić information content (AvgIpc) is 2.90. The van der Waals surface area contributed by atoms with Gasteiger partial charge in [-0.25, -0.2) is 0 Å². The number of benzene rings is 1. The van der Waals surface area contributed by atoms with Crippen LogP contribution in [0.2, 0.25) is 0 Å². The summed E-state index contributed by atoms with van der Waals surface area (Å²) in [6, 6.07) is 4.27. The van der Waals surface area contributed by atoms with E-state index in [9.17, 15) is 0 Å². The minimum atomic E-state index is 0.247. The fourth-order valence-electron chi connectivity index (χ4n) is 2.05. The second-order valence-corrected chi connectivity index (χ2v) is 4.43. The molecule has 1 aliphatic heterocycles. The smallest absolute Gasteiger partial charge is 0.231 e. The number of nitrogens with one attached hydrogen (secondary N) is 1. The van der Waals surface area contributed by atoms with E-state index >= 15 is 0 Å². The van der Waals surface area contributed by atoms with Gasteiger partial charge in [0.25, 0.3) is 0 Å². The summed E-state index contributed by atoms with van der Waals surface area (Å²) in [7, 11) is 1.63. The first-order valence-corrected chi connectivity index (χ1v) is 6.41. The van der Waals surface area contributed by atoms with Crippen LogP contribution < -0.4 is 19.5 Å². The molecule has 1 atom stereocenters. The molecule has 1 unspecified atom stereocenters. The van der Waals surface area contributed by atoms with E-state index in [1.807, 2.05) is 12.1 Å². The second kappa shape index (κ2) is 6.35. The van der Waals surface area contributed by atoms with E-state index in [-0.39, 0.29) is 6.79 Å². The third kappa shape index (κ3) is 3.12. The number of hydrogen-bond donors (Lipinski definition) is 1. The lowest BCUT2D eigenvalue weighted by molar-refractivity contribution is 0.171. The Morgan fingerprint density at radius 2 is 2.32 bits per heavy atom. The molecule has 0 aromatic heterocycles. The molecule has 0 spiro atoms. The van der Waals surface area contributed by atoms with Crippen molar-refractivity contribution < 1.29 is 14.2 Å². The van der Waals surface area contributed by atoms with E-state index in [4.69, 9.17) is 20.6 Å². The molecule has 1 aliphatic rings. The highest BCUT2D eigenvalue weighted by molar-refractivity contribution is 5.55. The summed E-state index contributed by atoms with van der Waals surface area (Å²) in [5.41, 5.74) is 1.09. The first kappa shape index (κ1) is 13.6. The molecule has 2 rings (SSSR count). The number of fused-ring (bicyclic) bond motifs is 1. The van der Waals surface area contributed by atoms with Gasteiger partial charge in [-0.3, -0.25) is 0 Å². The maximum Gasteiger partial charge on any atom is 0.231 e. The standard InChI is InChI=1S/C15H19NO3/c1-4-6-12(5-2)16-9-11-7-13(17-3)15-14(8-11)18-10-19-15/h1,7-8,12,16H,5-6,9-10H2,2-3H3. The fourth-order valence-corrected chi connectivity index (χ4v) is 2.05. The molecule has 102 valence electrons. The molecule has 1 aromatic carbocycles. The Labute approximate surface area is 114 Å². The highest BCUT2D eigenvalue weighted by Gasteiger charge is 2.20. The largest absolute Gasteiger partial charge is 0.493 e. The van der Waals surface area contributed by atoms with Gasteiger partial charge in [-0.1, -0.05) is 6.92 Å². The summed E-state index contributed by atoms with van der Waals surface area (Å²) in [4.78, 5) is 0. The lowest BCUT2D eigenvalue weighted by Crippen LogP contribution is -2.27. The quantitative estimate of drug-likeness (QED) is 0.798. The Morgan fingerprint density at radius 3 is 3.00 bits per heavy atom. The molecule has 4 heteroatoms. The van der Waals surface area contributed by atoms with Crippen LogP contribution >= 0.6 is 0 Å². The molecular formula is C15H19NO3. The van der Waals surface area contributed by atoms with E-state index in [1.54, 1.807) is 7.11 Å². The molecule has 0 bridgehead atoms. The molecular weight excluding hydrogens is 242 g/mol. The van der Waals surface area contributed by atoms with Gasteiger partial charge in [0.05, 0.1) is 7.11 Å². The van der Waals surface area contributed by atoms with Crippen molar-refractivity contribution in [3.8, 4) is 29.6 Å². The normalized spacial score (nSPS) is 13.9. The molecule has 19 heavy (non-hydrogen) atoms. The Kier molecular flexibility index (Phi) is 4.53. The lowest BCUT2D eigenvalue weighted by Gasteiger charge is -2.15. The van der Waals surface area contributed by atoms with Gasteiger partial charge in [-0.2, -0.15) is 0 Å². The Hall–Kier alpha value is -1.86. The molecule has 1 heterocycles. The molecule has 0 radical (unpaired) electrons. The minimum absolute atomic E-state index is 0.247. The van der Waals surface area contributed by atoms with Crippen LogP contribution in [-0.4, -0.2) is 19.9 Å². The maximum absolute atomic E-state index is 5.40. The number of ether oxygens (including phenoxy) is 3. The summed E-state index contributed by atoms with van der Waals surface area (Å²) in [6.07, 6.45) is 7.09. The Bertz CT molecular complexity index is 479. The van der Waals surface area contributed by atoms with Crippen molar-refractivity contribution in [2.45, 2.75) is 32.4 Å². The zero-order valence-electron chi connectivity index (χ0n) is 11.4. The predicted octanol–water partition coefficient (Wildman–Crippen LogP) is 2.32. The molecule has 4 nitrogen and oxygen atoms in total. The molecule has 1 aromatic rings. The van der Waals surface area contributed by atoms with E-state index in [2.05, 4.69) is 18.2 Å². The van der Waals surface area contributed by atoms with Crippen molar-refractivity contribution in [3.05, 3.63) is 17.7 Å². The van der Waals surface area contributed by atoms with Crippen LogP contribution in [0, 0.1) is 12.3 Å². The van der Waals surface area contributed by atoms with Crippen molar-refractivity contribution in [1.82, 2.24) is 5.32 Å². The summed E-state index contributed by atoms with van der Waals surface area (Å²) in [6.45, 7) is 3.10. The Morgan fingerprint density at radius 1 is 1.47 bits per heavy atom. The zero-order chi connectivity index (χ0) is 13.7. The summed E-state index contributed by atoms with van der Waals surface area (Å²) >= 11 is 0. The van der Waals surface area contributed by atoms with Crippen LogP contribution in [0.5, 0.6) is 17.2 Å². The van der Waals surface area contributed by atoms with Crippen molar-refractivity contribution in [2.75, 3.05) is 13.9 Å². The van der Waals surface area contributed by atoms with Crippen LogP contribution in [0.15, 0.2) is 12.1 Å². The lowest BCUT2D eigenvalue weighted by atomic mass is 10.1. The van der Waals surface area contributed by atoms with Crippen molar-refractivity contribution in [1.29, 1.82) is 0 Å². The molecule has 0 saturated heterocycles. The number of hydrogen-bond acceptors (Lipinski definition) is 4. The predicted molar refractivity (Wildman–Crippen MR) is 73.5 cm³/mol. The van der Waals surface area contributed by atoms with Gasteiger partial charge in [0.2, 0.25) is 12.5 Å². The van der Waals surface area contributed by atoms with E-state index in [1.165, 1.54) is 0 Å². The average molecular weight is 261 g/mol. The second-order valence-electron chi connectivity index (χ2n) is 4.43. The SMILES string of the molecule is C#CCC(CC)NCc1cc(OC)c2c(c1)OCO2. The van der Waals surface area contributed by atoms with Crippen molar-refractivity contribution >= 4 is 0 Å². The summed E-state index contributed by atoms with van der Waals surface area (Å²) in [5, 5.41) is 3.43. The van der Waals surface area contributed by atoms with Crippen LogP contribution in [0.25, 0.3) is 0 Å². The third-order valence-electron chi connectivity index (χ3n) is 3.17. The van der Waals surface area contributed by atoms with Gasteiger partial charge in [0.15, 0.2) is 11.5 Å². The fraction of sp³-hybridized carbons (Fsp3) is 0.467. The van der Waals surface area contributed by atoms with Gasteiger partial charge in [0, 0.05) is 19.0 Å². The van der Waals surface area contributed by atoms with Crippen LogP contribution in [0.3, 0.4) is 0 Å². The van der Waals surface area contributed by atoms with Gasteiger partial charge in [-0.15, -0.1) is 12.3 Å².